The number of hydrogen-bond acceptors (Lipinski definition) is 12. The first-order chi connectivity index (χ1) is 22.3. The molecule has 46 heavy (non-hydrogen) atoms. The Hall–Kier alpha value is -5.56. The number of aromatic hydroxyl groups is 2. The highest BCUT2D eigenvalue weighted by molar-refractivity contribution is 9.10. The minimum absolute atomic E-state index is 0.0241. The molecule has 0 amide bonds. The molecule has 4 aromatic heterocycles. The van der Waals surface area contributed by atoms with Crippen molar-refractivity contribution in [2.24, 2.45) is 0 Å². The number of benzene rings is 3. The van der Waals surface area contributed by atoms with Crippen LogP contribution in [0.15, 0.2) is 80.7 Å². The minimum atomic E-state index is -1.46. The fourth-order valence-corrected chi connectivity index (χ4v) is 6.60. The molecule has 0 saturated carbocycles. The summed E-state index contributed by atoms with van der Waals surface area (Å²) in [6.07, 6.45) is 2.79. The number of ether oxygens (including phenoxy) is 4. The number of hydrogen-bond donors (Lipinski definition) is 2. The lowest BCUT2D eigenvalue weighted by molar-refractivity contribution is 0.389. The molecule has 234 valence electrons. The van der Waals surface area contributed by atoms with Crippen LogP contribution in [-0.4, -0.2) is 38.7 Å². The van der Waals surface area contributed by atoms with Crippen LogP contribution in [0.4, 0.5) is 0 Å². The maximum atomic E-state index is 14.0. The van der Waals surface area contributed by atoms with Crippen molar-refractivity contribution in [2.75, 3.05) is 28.4 Å². The SMILES string of the molecule is COc1c2occc2c(OC)c2c(O)c(C(c3ccccc3Br)c3c(O)c4c(OC)c5ccoc5c(OC)c4oc3=O)c(=O)oc12. The van der Waals surface area contributed by atoms with Gasteiger partial charge >= 0.3 is 11.3 Å². The third-order valence-corrected chi connectivity index (χ3v) is 8.70. The number of methoxy groups -OCH3 is 4. The zero-order chi connectivity index (χ0) is 32.4. The Balaban J connectivity index is 1.67. The average molecular weight is 691 g/mol. The van der Waals surface area contributed by atoms with Crippen molar-refractivity contribution >= 4 is 59.8 Å². The zero-order valence-corrected chi connectivity index (χ0v) is 26.1. The van der Waals surface area contributed by atoms with E-state index in [1.807, 2.05) is 0 Å². The van der Waals surface area contributed by atoms with E-state index < -0.39 is 28.7 Å². The van der Waals surface area contributed by atoms with Crippen LogP contribution < -0.4 is 30.2 Å². The molecule has 3 aromatic carbocycles. The quantitative estimate of drug-likeness (QED) is 0.169. The van der Waals surface area contributed by atoms with Gasteiger partial charge < -0.3 is 46.8 Å². The molecule has 0 fully saturated rings. The van der Waals surface area contributed by atoms with Crippen LogP contribution in [0.3, 0.4) is 0 Å². The molecule has 4 heterocycles. The van der Waals surface area contributed by atoms with E-state index in [9.17, 15) is 19.8 Å². The Morgan fingerprint density at radius 3 is 1.48 bits per heavy atom. The molecule has 7 rings (SSSR count). The van der Waals surface area contributed by atoms with Crippen molar-refractivity contribution in [1.82, 2.24) is 0 Å². The fourth-order valence-electron chi connectivity index (χ4n) is 6.09. The Labute approximate surface area is 266 Å². The second kappa shape index (κ2) is 10.8. The molecule has 0 saturated heterocycles. The third-order valence-electron chi connectivity index (χ3n) is 7.98. The Morgan fingerprint density at radius 2 is 1.07 bits per heavy atom. The van der Waals surface area contributed by atoms with Crippen molar-refractivity contribution in [3.8, 4) is 34.5 Å². The predicted molar refractivity (Wildman–Crippen MR) is 169 cm³/mol. The minimum Gasteiger partial charge on any atom is -0.506 e. The molecule has 0 atom stereocenters. The monoisotopic (exact) mass is 690 g/mol. The van der Waals surface area contributed by atoms with Gasteiger partial charge in [-0.1, -0.05) is 34.1 Å². The summed E-state index contributed by atoms with van der Waals surface area (Å²) in [5.74, 6) is -2.29. The summed E-state index contributed by atoms with van der Waals surface area (Å²) in [5, 5.41) is 24.8. The Bertz CT molecular complexity index is 2310. The van der Waals surface area contributed by atoms with Crippen LogP contribution >= 0.6 is 15.9 Å². The predicted octanol–water partition coefficient (Wildman–Crippen LogP) is 6.78. The summed E-state index contributed by atoms with van der Waals surface area (Å²) in [7, 11) is 5.47. The molecule has 2 N–H and O–H groups in total. The van der Waals surface area contributed by atoms with Gasteiger partial charge in [-0.25, -0.2) is 9.59 Å². The van der Waals surface area contributed by atoms with Gasteiger partial charge in [0.1, 0.15) is 33.8 Å². The number of halogens is 1. The molecule has 0 spiro atoms. The molecule has 0 radical (unpaired) electrons. The highest BCUT2D eigenvalue weighted by atomic mass is 79.9. The van der Waals surface area contributed by atoms with Gasteiger partial charge in [-0.05, 0) is 23.8 Å². The lowest BCUT2D eigenvalue weighted by Gasteiger charge is -2.22. The molecular formula is C33H23BrO12. The van der Waals surface area contributed by atoms with Gasteiger partial charge in [0, 0.05) is 4.47 Å². The van der Waals surface area contributed by atoms with Crippen molar-refractivity contribution in [1.29, 1.82) is 0 Å². The topological polar surface area (TPSA) is 164 Å². The van der Waals surface area contributed by atoms with Crippen LogP contribution in [0.2, 0.25) is 0 Å². The molecule has 0 aliphatic rings. The Kier molecular flexibility index (Phi) is 6.85. The van der Waals surface area contributed by atoms with Crippen LogP contribution in [0.5, 0.6) is 34.5 Å². The van der Waals surface area contributed by atoms with E-state index in [1.54, 1.807) is 36.4 Å². The second-order valence-electron chi connectivity index (χ2n) is 10.1. The van der Waals surface area contributed by atoms with Crippen LogP contribution in [0, 0.1) is 0 Å². The van der Waals surface area contributed by atoms with E-state index in [-0.39, 0.29) is 67.2 Å². The van der Waals surface area contributed by atoms with E-state index in [4.69, 9.17) is 36.6 Å². The molecule has 0 unspecified atom stereocenters. The first kappa shape index (κ1) is 29.2. The molecule has 0 aliphatic carbocycles. The van der Waals surface area contributed by atoms with Gasteiger partial charge in [0.05, 0.1) is 68.8 Å². The van der Waals surface area contributed by atoms with Gasteiger partial charge in [0.2, 0.25) is 11.5 Å². The summed E-state index contributed by atoms with van der Waals surface area (Å²) in [6.45, 7) is 0. The van der Waals surface area contributed by atoms with Gasteiger partial charge in [-0.15, -0.1) is 0 Å². The lowest BCUT2D eigenvalue weighted by atomic mass is 9.84. The van der Waals surface area contributed by atoms with Crippen molar-refractivity contribution < 1.29 is 46.8 Å². The second-order valence-corrected chi connectivity index (χ2v) is 11.0. The van der Waals surface area contributed by atoms with Crippen molar-refractivity contribution in [2.45, 2.75) is 5.92 Å². The number of fused-ring (bicyclic) bond motifs is 4. The van der Waals surface area contributed by atoms with Crippen LogP contribution in [0.1, 0.15) is 22.6 Å². The molecule has 0 aliphatic heterocycles. The average Bonchev–Trinajstić information content (AvgIpc) is 3.73. The zero-order valence-electron chi connectivity index (χ0n) is 24.6. The number of furan rings is 2. The summed E-state index contributed by atoms with van der Waals surface area (Å²) in [4.78, 5) is 28.0. The summed E-state index contributed by atoms with van der Waals surface area (Å²) < 4.78 is 45.6. The summed E-state index contributed by atoms with van der Waals surface area (Å²) >= 11 is 3.50. The molecule has 7 aromatic rings. The fraction of sp³-hybridized carbons (Fsp3) is 0.152. The van der Waals surface area contributed by atoms with Gasteiger partial charge in [-0.2, -0.15) is 0 Å². The van der Waals surface area contributed by atoms with Crippen molar-refractivity contribution in [3.63, 3.8) is 0 Å². The maximum Gasteiger partial charge on any atom is 0.344 e. The highest BCUT2D eigenvalue weighted by Crippen LogP contribution is 2.52. The number of rotatable bonds is 7. The smallest absolute Gasteiger partial charge is 0.344 e. The maximum absolute atomic E-state index is 14.0. The first-order valence-corrected chi connectivity index (χ1v) is 14.4. The van der Waals surface area contributed by atoms with E-state index in [2.05, 4.69) is 15.9 Å². The largest absolute Gasteiger partial charge is 0.506 e. The third kappa shape index (κ3) is 3.91. The van der Waals surface area contributed by atoms with E-state index in [0.29, 0.717) is 20.8 Å². The van der Waals surface area contributed by atoms with Crippen LogP contribution in [-0.2, 0) is 0 Å². The van der Waals surface area contributed by atoms with E-state index >= 15 is 0 Å². The van der Waals surface area contributed by atoms with E-state index in [1.165, 1.54) is 41.0 Å². The van der Waals surface area contributed by atoms with Gasteiger partial charge in [0.25, 0.3) is 0 Å². The highest BCUT2D eigenvalue weighted by Gasteiger charge is 2.37. The summed E-state index contributed by atoms with van der Waals surface area (Å²) in [6, 6.07) is 9.90. The van der Waals surface area contributed by atoms with Gasteiger partial charge in [0.15, 0.2) is 22.3 Å². The first-order valence-electron chi connectivity index (χ1n) is 13.6. The van der Waals surface area contributed by atoms with E-state index in [0.717, 1.165) is 0 Å². The lowest BCUT2D eigenvalue weighted by Crippen LogP contribution is -2.22. The molecule has 0 bridgehead atoms. The van der Waals surface area contributed by atoms with Crippen molar-refractivity contribution in [3.05, 3.63) is 90.9 Å². The molecule has 13 heteroatoms. The molecule has 12 nitrogen and oxygen atoms in total. The van der Waals surface area contributed by atoms with Crippen LogP contribution in [0.25, 0.3) is 43.9 Å². The molecular weight excluding hydrogens is 668 g/mol. The normalized spacial score (nSPS) is 11.7. The summed E-state index contributed by atoms with van der Waals surface area (Å²) in [5.41, 5.74) is -2.38. The Morgan fingerprint density at radius 1 is 0.630 bits per heavy atom. The van der Waals surface area contributed by atoms with Gasteiger partial charge in [-0.3, -0.25) is 0 Å². The standard InChI is InChI=1S/C33H23BrO12/c1-39-24-14-9-11-43-26(14)30(41-3)28-20(24)22(35)18(32(37)45-28)17(13-7-5-6-8-16(13)34)19-23(36)21-25(40-2)15-10-12-44-27(15)31(42-4)29(21)46-33(19)38/h5-12,17,35-36H,1-4H3.